The van der Waals surface area contributed by atoms with Gasteiger partial charge in [-0.1, -0.05) is 6.07 Å². The molecule has 0 bridgehead atoms. The second kappa shape index (κ2) is 6.49. The van der Waals surface area contributed by atoms with Gasteiger partial charge in [0.15, 0.2) is 5.65 Å². The number of carbonyl (C=O) groups excluding carboxylic acids is 1. The number of nitrogens with zero attached hydrogens (tertiary/aromatic N) is 3. The van der Waals surface area contributed by atoms with E-state index in [1.165, 1.54) is 4.88 Å². The van der Waals surface area contributed by atoms with Crippen LogP contribution in [0.25, 0.3) is 5.65 Å². The Bertz CT molecular complexity index is 720. The number of aryl methyl sites for hydroxylation is 1. The Morgan fingerprint density at radius 1 is 1.38 bits per heavy atom. The van der Waals surface area contributed by atoms with Gasteiger partial charge in [0.05, 0.1) is 24.6 Å². The van der Waals surface area contributed by atoms with Crippen molar-refractivity contribution in [2.75, 3.05) is 0 Å². The first-order valence-corrected chi connectivity index (χ1v) is 7.76. The van der Waals surface area contributed by atoms with Crippen molar-refractivity contribution in [2.24, 2.45) is 0 Å². The predicted octanol–water partition coefficient (Wildman–Crippen LogP) is 2.43. The molecule has 21 heavy (non-hydrogen) atoms. The third-order valence-corrected chi connectivity index (χ3v) is 4.20. The third kappa shape index (κ3) is 3.46. The number of rotatable bonds is 6. The quantitative estimate of drug-likeness (QED) is 0.760. The molecule has 3 aromatic rings. The van der Waals surface area contributed by atoms with E-state index in [0.717, 1.165) is 24.2 Å². The number of hydrogen-bond acceptors (Lipinski definition) is 4. The Kier molecular flexibility index (Phi) is 4.25. The third-order valence-electron chi connectivity index (χ3n) is 3.27. The molecule has 0 spiro atoms. The SMILES string of the molecule is O=C(CCCc1cccs1)NCc1cnc2cnccn12. The van der Waals surface area contributed by atoms with Gasteiger partial charge in [0.2, 0.25) is 5.91 Å². The van der Waals surface area contributed by atoms with Crippen molar-refractivity contribution in [3.05, 3.63) is 52.9 Å². The zero-order valence-corrected chi connectivity index (χ0v) is 12.3. The van der Waals surface area contributed by atoms with Crippen molar-refractivity contribution in [1.29, 1.82) is 0 Å². The maximum atomic E-state index is 11.9. The van der Waals surface area contributed by atoms with E-state index in [2.05, 4.69) is 26.7 Å². The maximum Gasteiger partial charge on any atom is 0.220 e. The van der Waals surface area contributed by atoms with E-state index in [-0.39, 0.29) is 5.91 Å². The largest absolute Gasteiger partial charge is 0.350 e. The van der Waals surface area contributed by atoms with Gasteiger partial charge in [0.1, 0.15) is 0 Å². The van der Waals surface area contributed by atoms with Crippen LogP contribution in [0, 0.1) is 0 Å². The van der Waals surface area contributed by atoms with Gasteiger partial charge in [-0.25, -0.2) is 4.98 Å². The average molecular weight is 300 g/mol. The molecule has 6 heteroatoms. The first kappa shape index (κ1) is 13.8. The highest BCUT2D eigenvalue weighted by Crippen LogP contribution is 2.12. The molecule has 1 amide bonds. The van der Waals surface area contributed by atoms with Crippen LogP contribution < -0.4 is 5.32 Å². The number of aromatic nitrogens is 3. The van der Waals surface area contributed by atoms with Crippen LogP contribution in [0.15, 0.2) is 42.3 Å². The van der Waals surface area contributed by atoms with E-state index in [1.807, 2.05) is 16.7 Å². The highest BCUT2D eigenvalue weighted by Gasteiger charge is 2.06. The van der Waals surface area contributed by atoms with E-state index >= 15 is 0 Å². The summed E-state index contributed by atoms with van der Waals surface area (Å²) in [4.78, 5) is 21.4. The number of carbonyl (C=O) groups is 1. The minimum atomic E-state index is 0.0792. The smallest absolute Gasteiger partial charge is 0.220 e. The van der Waals surface area contributed by atoms with Crippen LogP contribution in [0.2, 0.25) is 0 Å². The number of imidazole rings is 1. The van der Waals surface area contributed by atoms with Gasteiger partial charge in [-0.3, -0.25) is 14.2 Å². The van der Waals surface area contributed by atoms with E-state index < -0.39 is 0 Å². The molecule has 0 atom stereocenters. The van der Waals surface area contributed by atoms with Gasteiger partial charge >= 0.3 is 0 Å². The summed E-state index contributed by atoms with van der Waals surface area (Å²) < 4.78 is 1.93. The second-order valence-corrected chi connectivity index (χ2v) is 5.80. The Morgan fingerprint density at radius 3 is 3.19 bits per heavy atom. The summed E-state index contributed by atoms with van der Waals surface area (Å²) in [6.45, 7) is 0.489. The van der Waals surface area contributed by atoms with E-state index in [4.69, 9.17) is 0 Å². The molecule has 0 saturated heterocycles. The molecule has 0 fully saturated rings. The van der Waals surface area contributed by atoms with Crippen LogP contribution >= 0.6 is 11.3 Å². The van der Waals surface area contributed by atoms with Crippen LogP contribution in [0.1, 0.15) is 23.4 Å². The number of nitrogens with one attached hydrogen (secondary N) is 1. The highest BCUT2D eigenvalue weighted by atomic mass is 32.1. The fourth-order valence-electron chi connectivity index (χ4n) is 2.18. The predicted molar refractivity (Wildman–Crippen MR) is 82.1 cm³/mol. The van der Waals surface area contributed by atoms with Crippen molar-refractivity contribution >= 4 is 22.9 Å². The molecule has 3 heterocycles. The molecule has 5 nitrogen and oxygen atoms in total. The first-order chi connectivity index (χ1) is 10.3. The molecule has 3 aromatic heterocycles. The lowest BCUT2D eigenvalue weighted by Gasteiger charge is -2.05. The van der Waals surface area contributed by atoms with Gasteiger partial charge in [-0.2, -0.15) is 0 Å². The van der Waals surface area contributed by atoms with Crippen molar-refractivity contribution in [1.82, 2.24) is 19.7 Å². The Labute approximate surface area is 126 Å². The topological polar surface area (TPSA) is 59.3 Å². The summed E-state index contributed by atoms with van der Waals surface area (Å²) in [7, 11) is 0. The number of amides is 1. The maximum absolute atomic E-state index is 11.9. The van der Waals surface area contributed by atoms with Gasteiger partial charge in [0.25, 0.3) is 0 Å². The van der Waals surface area contributed by atoms with E-state index in [0.29, 0.717) is 13.0 Å². The zero-order valence-electron chi connectivity index (χ0n) is 11.5. The number of thiophene rings is 1. The molecule has 1 N–H and O–H groups in total. The summed E-state index contributed by atoms with van der Waals surface area (Å²) in [6.07, 6.45) is 9.42. The lowest BCUT2D eigenvalue weighted by atomic mass is 10.2. The first-order valence-electron chi connectivity index (χ1n) is 6.88. The van der Waals surface area contributed by atoms with E-state index in [1.54, 1.807) is 29.9 Å². The summed E-state index contributed by atoms with van der Waals surface area (Å²) in [5.74, 6) is 0.0792. The van der Waals surface area contributed by atoms with Crippen LogP contribution in [0.3, 0.4) is 0 Å². The van der Waals surface area contributed by atoms with E-state index in [9.17, 15) is 4.79 Å². The molecule has 0 aliphatic carbocycles. The van der Waals surface area contributed by atoms with Crippen molar-refractivity contribution < 1.29 is 4.79 Å². The monoisotopic (exact) mass is 300 g/mol. The van der Waals surface area contributed by atoms with Crippen molar-refractivity contribution in [3.8, 4) is 0 Å². The Hall–Kier alpha value is -2.21. The van der Waals surface area contributed by atoms with Crippen LogP contribution in [-0.4, -0.2) is 20.3 Å². The lowest BCUT2D eigenvalue weighted by molar-refractivity contribution is -0.121. The molecule has 0 unspecified atom stereocenters. The lowest BCUT2D eigenvalue weighted by Crippen LogP contribution is -2.23. The van der Waals surface area contributed by atoms with Crippen LogP contribution in [-0.2, 0) is 17.8 Å². The zero-order chi connectivity index (χ0) is 14.5. The molecule has 0 saturated carbocycles. The van der Waals surface area contributed by atoms with Gasteiger partial charge in [0, 0.05) is 23.7 Å². The average Bonchev–Trinajstić information content (AvgIpc) is 3.14. The molecular formula is C15H16N4OS. The molecular weight excluding hydrogens is 284 g/mol. The van der Waals surface area contributed by atoms with Gasteiger partial charge < -0.3 is 5.32 Å². The van der Waals surface area contributed by atoms with Crippen LogP contribution in [0.5, 0.6) is 0 Å². The summed E-state index contributed by atoms with van der Waals surface area (Å²) in [5, 5.41) is 5.01. The molecule has 0 radical (unpaired) electrons. The number of hydrogen-bond donors (Lipinski definition) is 1. The molecule has 0 aliphatic rings. The second-order valence-electron chi connectivity index (χ2n) is 4.76. The normalized spacial score (nSPS) is 10.9. The Morgan fingerprint density at radius 2 is 2.33 bits per heavy atom. The summed E-state index contributed by atoms with van der Waals surface area (Å²) in [5.41, 5.74) is 1.75. The van der Waals surface area contributed by atoms with Crippen molar-refractivity contribution in [3.63, 3.8) is 0 Å². The minimum absolute atomic E-state index is 0.0792. The summed E-state index contributed by atoms with van der Waals surface area (Å²) in [6, 6.07) is 4.15. The summed E-state index contributed by atoms with van der Waals surface area (Å²) >= 11 is 1.74. The molecule has 108 valence electrons. The van der Waals surface area contributed by atoms with Crippen molar-refractivity contribution in [2.45, 2.75) is 25.8 Å². The fourth-order valence-corrected chi connectivity index (χ4v) is 2.93. The Balaban J connectivity index is 1.47. The molecule has 0 aliphatic heterocycles. The molecule has 0 aromatic carbocycles. The van der Waals surface area contributed by atoms with Crippen LogP contribution in [0.4, 0.5) is 0 Å². The van der Waals surface area contributed by atoms with Gasteiger partial charge in [-0.05, 0) is 24.3 Å². The number of fused-ring (bicyclic) bond motifs is 1. The van der Waals surface area contributed by atoms with Gasteiger partial charge in [-0.15, -0.1) is 11.3 Å². The molecule has 3 rings (SSSR count). The fraction of sp³-hybridized carbons (Fsp3) is 0.267. The standard InChI is InChI=1S/C15H16N4OS/c20-15(5-1-3-13-4-2-8-21-13)18-10-12-9-17-14-11-16-6-7-19(12)14/h2,4,6-9,11H,1,3,5,10H2,(H,18,20). The minimum Gasteiger partial charge on any atom is -0.350 e. The highest BCUT2D eigenvalue weighted by molar-refractivity contribution is 7.09.